The third-order valence-electron chi connectivity index (χ3n) is 3.28. The number of nitrogens with zero attached hydrogens (tertiary/aromatic N) is 1. The molecule has 2 aromatic rings. The van der Waals surface area contributed by atoms with Crippen LogP contribution in [0.2, 0.25) is 0 Å². The number of H-pyrrole nitrogens is 1. The minimum atomic E-state index is -2.98. The molecule has 0 fully saturated rings. The van der Waals surface area contributed by atoms with Crippen LogP contribution in [0, 0.1) is 6.92 Å². The van der Waals surface area contributed by atoms with Crippen LogP contribution < -0.4 is 4.74 Å². The molecule has 1 aromatic heterocycles. The first-order valence-electron chi connectivity index (χ1n) is 6.68. The third kappa shape index (κ3) is 3.30. The second-order valence-corrected chi connectivity index (χ2v) is 7.87. The maximum absolute atomic E-state index is 11.7. The predicted octanol–water partition coefficient (Wildman–Crippen LogP) is 2.46. The van der Waals surface area contributed by atoms with E-state index >= 15 is 0 Å². The summed E-state index contributed by atoms with van der Waals surface area (Å²) >= 11 is 0. The number of benzene rings is 1. The lowest BCUT2D eigenvalue weighted by Gasteiger charge is -2.10. The first-order chi connectivity index (χ1) is 9.40. The van der Waals surface area contributed by atoms with Crippen molar-refractivity contribution in [2.24, 2.45) is 0 Å². The molecule has 0 bridgehead atoms. The molecule has 0 saturated heterocycles. The van der Waals surface area contributed by atoms with E-state index in [0.29, 0.717) is 13.0 Å². The third-order valence-corrected chi connectivity index (χ3v) is 5.58. The summed E-state index contributed by atoms with van der Waals surface area (Å²) in [6.45, 7) is 5.76. The average Bonchev–Trinajstić information content (AvgIpc) is 2.81. The standard InChI is InChI=1S/C14H20N2O3S/c1-10(2)20(17,18)6-4-5-19-14-8-12-9-15-16-13(12)7-11(14)3/h7-10H,4-6H2,1-3H3,(H,15,16). The van der Waals surface area contributed by atoms with Gasteiger partial charge in [-0.3, -0.25) is 5.10 Å². The van der Waals surface area contributed by atoms with Crippen molar-refractivity contribution in [3.63, 3.8) is 0 Å². The average molecular weight is 296 g/mol. The Morgan fingerprint density at radius 3 is 2.80 bits per heavy atom. The molecule has 0 aliphatic heterocycles. The molecule has 20 heavy (non-hydrogen) atoms. The number of sulfone groups is 1. The van der Waals surface area contributed by atoms with Gasteiger partial charge in [0.2, 0.25) is 0 Å². The number of hydrogen-bond acceptors (Lipinski definition) is 4. The Balaban J connectivity index is 1.94. The van der Waals surface area contributed by atoms with Crippen LogP contribution in [0.3, 0.4) is 0 Å². The lowest BCUT2D eigenvalue weighted by atomic mass is 10.1. The zero-order chi connectivity index (χ0) is 14.8. The van der Waals surface area contributed by atoms with Crippen molar-refractivity contribution < 1.29 is 13.2 Å². The second-order valence-electron chi connectivity index (χ2n) is 5.19. The summed E-state index contributed by atoms with van der Waals surface area (Å²) in [5, 5.41) is 7.53. The Labute approximate surface area is 119 Å². The molecule has 5 nitrogen and oxygen atoms in total. The molecule has 0 aliphatic carbocycles. The van der Waals surface area contributed by atoms with E-state index in [4.69, 9.17) is 4.74 Å². The van der Waals surface area contributed by atoms with E-state index in [-0.39, 0.29) is 11.0 Å². The quantitative estimate of drug-likeness (QED) is 0.831. The van der Waals surface area contributed by atoms with Gasteiger partial charge >= 0.3 is 0 Å². The van der Waals surface area contributed by atoms with Crippen molar-refractivity contribution in [2.45, 2.75) is 32.4 Å². The molecule has 0 radical (unpaired) electrons. The summed E-state index contributed by atoms with van der Waals surface area (Å²) in [5.74, 6) is 0.943. The smallest absolute Gasteiger partial charge is 0.152 e. The first kappa shape index (κ1) is 14.8. The van der Waals surface area contributed by atoms with E-state index in [1.54, 1.807) is 20.0 Å². The molecule has 1 heterocycles. The van der Waals surface area contributed by atoms with Crippen molar-refractivity contribution in [2.75, 3.05) is 12.4 Å². The Morgan fingerprint density at radius 2 is 2.10 bits per heavy atom. The summed E-state index contributed by atoms with van der Waals surface area (Å²) in [7, 11) is -2.98. The summed E-state index contributed by atoms with van der Waals surface area (Å²) in [5.41, 5.74) is 1.98. The van der Waals surface area contributed by atoms with Gasteiger partial charge in [0.25, 0.3) is 0 Å². The van der Waals surface area contributed by atoms with Crippen LogP contribution in [0.25, 0.3) is 10.9 Å². The Morgan fingerprint density at radius 1 is 1.35 bits per heavy atom. The van der Waals surface area contributed by atoms with Gasteiger partial charge in [-0.25, -0.2) is 8.42 Å². The number of aromatic nitrogens is 2. The van der Waals surface area contributed by atoms with Crippen molar-refractivity contribution in [1.29, 1.82) is 0 Å². The number of fused-ring (bicyclic) bond motifs is 1. The van der Waals surface area contributed by atoms with Gasteiger partial charge in [-0.05, 0) is 44.9 Å². The maximum atomic E-state index is 11.7. The highest BCUT2D eigenvalue weighted by atomic mass is 32.2. The summed E-state index contributed by atoms with van der Waals surface area (Å²) in [6.07, 6.45) is 2.24. The number of ether oxygens (including phenoxy) is 1. The number of nitrogens with one attached hydrogen (secondary N) is 1. The largest absolute Gasteiger partial charge is 0.493 e. The number of aryl methyl sites for hydroxylation is 1. The van der Waals surface area contributed by atoms with Crippen molar-refractivity contribution >= 4 is 20.7 Å². The highest BCUT2D eigenvalue weighted by molar-refractivity contribution is 7.91. The molecule has 0 atom stereocenters. The molecule has 1 N–H and O–H groups in total. The summed E-state index contributed by atoms with van der Waals surface area (Å²) in [4.78, 5) is 0. The number of aromatic amines is 1. The fraction of sp³-hybridized carbons (Fsp3) is 0.500. The number of hydrogen-bond donors (Lipinski definition) is 1. The molecular weight excluding hydrogens is 276 g/mol. The monoisotopic (exact) mass is 296 g/mol. The SMILES string of the molecule is Cc1cc2[nH]ncc2cc1OCCCS(=O)(=O)C(C)C. The van der Waals surface area contributed by atoms with E-state index < -0.39 is 9.84 Å². The van der Waals surface area contributed by atoms with Crippen molar-refractivity contribution in [1.82, 2.24) is 10.2 Å². The Bertz CT molecular complexity index is 690. The van der Waals surface area contributed by atoms with Gasteiger partial charge in [0.1, 0.15) is 5.75 Å². The normalized spacial score (nSPS) is 12.2. The lowest BCUT2D eigenvalue weighted by Crippen LogP contribution is -2.19. The van der Waals surface area contributed by atoms with E-state index in [0.717, 1.165) is 22.2 Å². The van der Waals surface area contributed by atoms with Crippen LogP contribution in [0.5, 0.6) is 5.75 Å². The second kappa shape index (κ2) is 5.83. The van der Waals surface area contributed by atoms with Crippen molar-refractivity contribution in [3.8, 4) is 5.75 Å². The summed E-state index contributed by atoms with van der Waals surface area (Å²) in [6, 6.07) is 3.90. The van der Waals surface area contributed by atoms with Gasteiger partial charge in [0.05, 0.1) is 29.3 Å². The Kier molecular flexibility index (Phi) is 4.32. The van der Waals surface area contributed by atoms with Crippen LogP contribution in [0.15, 0.2) is 18.3 Å². The minimum absolute atomic E-state index is 0.164. The van der Waals surface area contributed by atoms with E-state index in [2.05, 4.69) is 10.2 Å². The van der Waals surface area contributed by atoms with Gasteiger partial charge < -0.3 is 4.74 Å². The maximum Gasteiger partial charge on any atom is 0.152 e. The molecule has 110 valence electrons. The lowest BCUT2D eigenvalue weighted by molar-refractivity contribution is 0.316. The molecule has 2 rings (SSSR count). The van der Waals surface area contributed by atoms with E-state index in [9.17, 15) is 8.42 Å². The fourth-order valence-corrected chi connectivity index (χ4v) is 2.90. The van der Waals surface area contributed by atoms with Crippen LogP contribution in [-0.4, -0.2) is 36.2 Å². The van der Waals surface area contributed by atoms with Crippen LogP contribution in [-0.2, 0) is 9.84 Å². The summed E-state index contributed by atoms with van der Waals surface area (Å²) < 4.78 is 29.0. The Hall–Kier alpha value is -1.56. The first-order valence-corrected chi connectivity index (χ1v) is 8.40. The van der Waals surface area contributed by atoms with Gasteiger partial charge in [-0.15, -0.1) is 0 Å². The topological polar surface area (TPSA) is 72.0 Å². The highest BCUT2D eigenvalue weighted by Crippen LogP contribution is 2.24. The van der Waals surface area contributed by atoms with Crippen LogP contribution in [0.1, 0.15) is 25.8 Å². The molecule has 0 aliphatic rings. The predicted molar refractivity (Wildman–Crippen MR) is 79.9 cm³/mol. The van der Waals surface area contributed by atoms with Gasteiger partial charge in [0.15, 0.2) is 9.84 Å². The van der Waals surface area contributed by atoms with Crippen LogP contribution in [0.4, 0.5) is 0 Å². The fourth-order valence-electron chi connectivity index (χ4n) is 1.91. The molecule has 0 saturated carbocycles. The molecule has 6 heteroatoms. The van der Waals surface area contributed by atoms with Crippen molar-refractivity contribution in [3.05, 3.63) is 23.9 Å². The zero-order valence-corrected chi connectivity index (χ0v) is 12.8. The van der Waals surface area contributed by atoms with Gasteiger partial charge in [-0.2, -0.15) is 5.10 Å². The zero-order valence-electron chi connectivity index (χ0n) is 12.0. The van der Waals surface area contributed by atoms with E-state index in [1.807, 2.05) is 19.1 Å². The molecular formula is C14H20N2O3S. The molecule has 1 aromatic carbocycles. The molecule has 0 unspecified atom stereocenters. The minimum Gasteiger partial charge on any atom is -0.493 e. The van der Waals surface area contributed by atoms with Gasteiger partial charge in [-0.1, -0.05) is 0 Å². The van der Waals surface area contributed by atoms with Gasteiger partial charge in [0, 0.05) is 5.39 Å². The molecule has 0 amide bonds. The number of rotatable bonds is 6. The van der Waals surface area contributed by atoms with E-state index in [1.165, 1.54) is 0 Å². The van der Waals surface area contributed by atoms with Crippen LogP contribution >= 0.6 is 0 Å². The highest BCUT2D eigenvalue weighted by Gasteiger charge is 2.15. The molecule has 0 spiro atoms.